The van der Waals surface area contributed by atoms with Gasteiger partial charge in [-0.25, -0.2) is 9.37 Å². The van der Waals surface area contributed by atoms with Gasteiger partial charge in [0.15, 0.2) is 0 Å². The molecule has 1 aromatic carbocycles. The molecule has 0 unspecified atom stereocenters. The molecule has 1 saturated heterocycles. The molecule has 0 amide bonds. The van der Waals surface area contributed by atoms with Crippen molar-refractivity contribution in [3.8, 4) is 12.1 Å². The Labute approximate surface area is 133 Å². The van der Waals surface area contributed by atoms with Crippen molar-refractivity contribution in [1.82, 2.24) is 4.98 Å². The highest BCUT2D eigenvalue weighted by Crippen LogP contribution is 2.24. The number of aromatic nitrogens is 1. The van der Waals surface area contributed by atoms with Gasteiger partial charge in [-0.3, -0.25) is 0 Å². The van der Waals surface area contributed by atoms with Crippen LogP contribution in [0.4, 0.5) is 15.9 Å². The standard InChI is InChI=1S/C17H14FN5/c18-15-2-1-3-16(14(15)12-20)22-6-8-23(9-7-22)17-10-13(11-19)4-5-21-17/h1-5,10H,6-9H2. The number of halogens is 1. The molecule has 0 bridgehead atoms. The maximum atomic E-state index is 13.7. The molecule has 1 aliphatic rings. The van der Waals surface area contributed by atoms with E-state index in [0.717, 1.165) is 5.82 Å². The van der Waals surface area contributed by atoms with Crippen LogP contribution in [0.5, 0.6) is 0 Å². The lowest BCUT2D eigenvalue weighted by Crippen LogP contribution is -2.47. The van der Waals surface area contributed by atoms with Crippen molar-refractivity contribution in [2.75, 3.05) is 36.0 Å². The van der Waals surface area contributed by atoms with Crippen molar-refractivity contribution in [1.29, 1.82) is 10.5 Å². The molecule has 1 aliphatic heterocycles. The van der Waals surface area contributed by atoms with E-state index in [1.165, 1.54) is 6.07 Å². The van der Waals surface area contributed by atoms with E-state index in [1.807, 2.05) is 11.0 Å². The Balaban J connectivity index is 1.75. The maximum absolute atomic E-state index is 13.7. The fourth-order valence-corrected chi connectivity index (χ4v) is 2.72. The molecule has 5 nitrogen and oxygen atoms in total. The second-order valence-electron chi connectivity index (χ2n) is 5.23. The highest BCUT2D eigenvalue weighted by atomic mass is 19.1. The normalized spacial score (nSPS) is 14.2. The summed E-state index contributed by atoms with van der Waals surface area (Å²) in [6, 6.07) is 12.2. The molecule has 0 radical (unpaired) electrons. The molecule has 6 heteroatoms. The zero-order valence-corrected chi connectivity index (χ0v) is 12.4. The maximum Gasteiger partial charge on any atom is 0.143 e. The minimum atomic E-state index is -0.490. The molecule has 2 heterocycles. The summed E-state index contributed by atoms with van der Waals surface area (Å²) in [4.78, 5) is 8.39. The Bertz CT molecular complexity index is 797. The Hall–Kier alpha value is -3.12. The molecule has 1 fully saturated rings. The monoisotopic (exact) mass is 307 g/mol. The molecule has 0 spiro atoms. The van der Waals surface area contributed by atoms with Gasteiger partial charge in [0, 0.05) is 32.4 Å². The first-order valence-corrected chi connectivity index (χ1v) is 7.27. The highest BCUT2D eigenvalue weighted by molar-refractivity contribution is 5.61. The van der Waals surface area contributed by atoms with Crippen molar-refractivity contribution >= 4 is 11.5 Å². The summed E-state index contributed by atoms with van der Waals surface area (Å²) < 4.78 is 13.7. The first kappa shape index (κ1) is 14.8. The van der Waals surface area contributed by atoms with Gasteiger partial charge in [0.1, 0.15) is 23.3 Å². The van der Waals surface area contributed by atoms with Crippen LogP contribution in [0.15, 0.2) is 36.5 Å². The average molecular weight is 307 g/mol. The van der Waals surface area contributed by atoms with E-state index in [1.54, 1.807) is 30.5 Å². The highest BCUT2D eigenvalue weighted by Gasteiger charge is 2.21. The zero-order valence-electron chi connectivity index (χ0n) is 12.4. The van der Waals surface area contributed by atoms with E-state index in [4.69, 9.17) is 10.5 Å². The lowest BCUT2D eigenvalue weighted by Gasteiger charge is -2.37. The third kappa shape index (κ3) is 2.93. The first-order chi connectivity index (χ1) is 11.2. The van der Waals surface area contributed by atoms with Gasteiger partial charge < -0.3 is 9.80 Å². The van der Waals surface area contributed by atoms with E-state index in [9.17, 15) is 4.39 Å². The van der Waals surface area contributed by atoms with Crippen LogP contribution in [-0.2, 0) is 0 Å². The van der Waals surface area contributed by atoms with Gasteiger partial charge in [0.2, 0.25) is 0 Å². The SMILES string of the molecule is N#Cc1ccnc(N2CCN(c3cccc(F)c3C#N)CC2)c1. The lowest BCUT2D eigenvalue weighted by atomic mass is 10.1. The van der Waals surface area contributed by atoms with Crippen molar-refractivity contribution in [3.63, 3.8) is 0 Å². The summed E-state index contributed by atoms with van der Waals surface area (Å²) in [5.41, 5.74) is 1.30. The Kier molecular flexibility index (Phi) is 4.07. The smallest absolute Gasteiger partial charge is 0.143 e. The van der Waals surface area contributed by atoms with Crippen molar-refractivity contribution in [3.05, 3.63) is 53.5 Å². The number of anilines is 2. The number of piperazine rings is 1. The number of nitriles is 2. The largest absolute Gasteiger partial charge is 0.367 e. The average Bonchev–Trinajstić information content (AvgIpc) is 2.61. The molecule has 3 rings (SSSR count). The minimum absolute atomic E-state index is 0.0885. The molecule has 0 aliphatic carbocycles. The second kappa shape index (κ2) is 6.33. The number of benzene rings is 1. The van der Waals surface area contributed by atoms with Crippen LogP contribution in [0.3, 0.4) is 0 Å². The number of hydrogen-bond donors (Lipinski definition) is 0. The third-order valence-corrected chi connectivity index (χ3v) is 3.92. The Morgan fingerprint density at radius 1 is 1.00 bits per heavy atom. The van der Waals surface area contributed by atoms with Crippen molar-refractivity contribution < 1.29 is 4.39 Å². The lowest BCUT2D eigenvalue weighted by molar-refractivity contribution is 0.615. The first-order valence-electron chi connectivity index (χ1n) is 7.27. The molecule has 0 N–H and O–H groups in total. The van der Waals surface area contributed by atoms with Crippen LogP contribution in [0.1, 0.15) is 11.1 Å². The molecule has 0 atom stereocenters. The van der Waals surface area contributed by atoms with E-state index >= 15 is 0 Å². The van der Waals surface area contributed by atoms with Gasteiger partial charge in [0.05, 0.1) is 17.3 Å². The summed E-state index contributed by atoms with van der Waals surface area (Å²) in [5, 5.41) is 18.1. The molecular formula is C17H14FN5. The molecule has 114 valence electrons. The summed E-state index contributed by atoms with van der Waals surface area (Å²) >= 11 is 0. The van der Waals surface area contributed by atoms with Crippen molar-refractivity contribution in [2.45, 2.75) is 0 Å². The number of rotatable bonds is 2. The quantitative estimate of drug-likeness (QED) is 0.851. The van der Waals surface area contributed by atoms with Crippen LogP contribution >= 0.6 is 0 Å². The number of nitrogens with zero attached hydrogens (tertiary/aromatic N) is 5. The van der Waals surface area contributed by atoms with Gasteiger partial charge in [-0.2, -0.15) is 10.5 Å². The zero-order chi connectivity index (χ0) is 16.2. The van der Waals surface area contributed by atoms with Gasteiger partial charge in [-0.1, -0.05) is 6.07 Å². The Morgan fingerprint density at radius 3 is 2.43 bits per heavy atom. The van der Waals surface area contributed by atoms with E-state index < -0.39 is 5.82 Å². The Morgan fingerprint density at radius 2 is 1.74 bits per heavy atom. The number of pyridine rings is 1. The topological polar surface area (TPSA) is 67.0 Å². The molecular weight excluding hydrogens is 293 g/mol. The summed E-state index contributed by atoms with van der Waals surface area (Å²) in [7, 11) is 0. The van der Waals surface area contributed by atoms with Crippen LogP contribution in [-0.4, -0.2) is 31.2 Å². The number of hydrogen-bond acceptors (Lipinski definition) is 5. The minimum Gasteiger partial charge on any atom is -0.367 e. The van der Waals surface area contributed by atoms with Crippen LogP contribution in [0.25, 0.3) is 0 Å². The fraction of sp³-hybridized carbons (Fsp3) is 0.235. The third-order valence-electron chi connectivity index (χ3n) is 3.92. The summed E-state index contributed by atoms with van der Waals surface area (Å²) in [6.45, 7) is 2.72. The van der Waals surface area contributed by atoms with Crippen LogP contribution in [0.2, 0.25) is 0 Å². The predicted octanol–water partition coefficient (Wildman–Crippen LogP) is 2.29. The summed E-state index contributed by atoms with van der Waals surface area (Å²) in [5.74, 6) is 0.277. The van der Waals surface area contributed by atoms with E-state index in [0.29, 0.717) is 37.4 Å². The van der Waals surface area contributed by atoms with Gasteiger partial charge in [-0.15, -0.1) is 0 Å². The summed E-state index contributed by atoms with van der Waals surface area (Å²) in [6.07, 6.45) is 1.63. The fourth-order valence-electron chi connectivity index (χ4n) is 2.72. The molecule has 0 saturated carbocycles. The molecule has 1 aromatic heterocycles. The van der Waals surface area contributed by atoms with Gasteiger partial charge in [-0.05, 0) is 24.3 Å². The van der Waals surface area contributed by atoms with Gasteiger partial charge >= 0.3 is 0 Å². The van der Waals surface area contributed by atoms with Crippen LogP contribution in [0, 0.1) is 28.5 Å². The van der Waals surface area contributed by atoms with Crippen molar-refractivity contribution in [2.24, 2.45) is 0 Å². The predicted molar refractivity (Wildman–Crippen MR) is 84.5 cm³/mol. The second-order valence-corrected chi connectivity index (χ2v) is 5.23. The van der Waals surface area contributed by atoms with Crippen LogP contribution < -0.4 is 9.80 Å². The van der Waals surface area contributed by atoms with E-state index in [2.05, 4.69) is 16.0 Å². The van der Waals surface area contributed by atoms with E-state index in [-0.39, 0.29) is 5.56 Å². The molecule has 2 aromatic rings. The molecule has 23 heavy (non-hydrogen) atoms. The van der Waals surface area contributed by atoms with Gasteiger partial charge in [0.25, 0.3) is 0 Å².